The molecule has 0 bridgehead atoms. The van der Waals surface area contributed by atoms with E-state index in [0.29, 0.717) is 16.5 Å². The number of halogens is 1. The third kappa shape index (κ3) is 4.63. The topological polar surface area (TPSA) is 50.4 Å². The summed E-state index contributed by atoms with van der Waals surface area (Å²) in [6.45, 7) is 3.98. The normalized spacial score (nSPS) is 11.7. The van der Waals surface area contributed by atoms with Gasteiger partial charge in [-0.3, -0.25) is 0 Å². The van der Waals surface area contributed by atoms with Crippen molar-refractivity contribution in [2.45, 2.75) is 26.3 Å². The molecule has 1 atom stereocenters. The largest absolute Gasteiger partial charge is 0.495 e. The minimum atomic E-state index is -0.268. The highest BCUT2D eigenvalue weighted by molar-refractivity contribution is 6.30. The van der Waals surface area contributed by atoms with E-state index in [2.05, 4.69) is 10.6 Å². The van der Waals surface area contributed by atoms with E-state index < -0.39 is 0 Å². The summed E-state index contributed by atoms with van der Waals surface area (Å²) in [6.07, 6.45) is 0.778. The van der Waals surface area contributed by atoms with Crippen LogP contribution in [0.1, 0.15) is 30.5 Å². The molecule has 2 rings (SSSR count). The summed E-state index contributed by atoms with van der Waals surface area (Å²) in [4.78, 5) is 12.3. The van der Waals surface area contributed by atoms with Crippen molar-refractivity contribution in [1.82, 2.24) is 5.32 Å². The maximum atomic E-state index is 12.3. The van der Waals surface area contributed by atoms with Crippen molar-refractivity contribution < 1.29 is 9.53 Å². The Bertz CT molecular complexity index is 671. The lowest BCUT2D eigenvalue weighted by molar-refractivity contribution is 0.248. The van der Waals surface area contributed by atoms with Crippen LogP contribution in [0.2, 0.25) is 5.02 Å². The van der Waals surface area contributed by atoms with Gasteiger partial charge < -0.3 is 15.4 Å². The second-order valence-corrected chi connectivity index (χ2v) is 5.75. The number of amides is 2. The Hall–Kier alpha value is -2.20. The van der Waals surface area contributed by atoms with Crippen molar-refractivity contribution in [3.8, 4) is 5.75 Å². The molecule has 0 radical (unpaired) electrons. The first-order chi connectivity index (χ1) is 11.0. The van der Waals surface area contributed by atoms with Crippen LogP contribution in [-0.4, -0.2) is 13.1 Å². The first-order valence-corrected chi connectivity index (χ1v) is 7.89. The first-order valence-electron chi connectivity index (χ1n) is 7.51. The van der Waals surface area contributed by atoms with Crippen LogP contribution >= 0.6 is 11.6 Å². The number of hydrogen-bond acceptors (Lipinski definition) is 2. The number of methoxy groups -OCH3 is 1. The fraction of sp³-hybridized carbons (Fsp3) is 0.278. The quantitative estimate of drug-likeness (QED) is 0.815. The van der Waals surface area contributed by atoms with E-state index in [1.54, 1.807) is 7.11 Å². The van der Waals surface area contributed by atoms with E-state index in [1.807, 2.05) is 56.3 Å². The summed E-state index contributed by atoms with van der Waals surface area (Å²) in [5.41, 5.74) is 2.71. The van der Waals surface area contributed by atoms with Gasteiger partial charge in [-0.25, -0.2) is 4.79 Å². The number of rotatable bonds is 5. The zero-order chi connectivity index (χ0) is 16.8. The second-order valence-electron chi connectivity index (χ2n) is 5.31. The first kappa shape index (κ1) is 17.2. The SMILES string of the molecule is CCC(NC(=O)Nc1cc(C)ccc1OC)c1ccc(Cl)cc1. The molecule has 0 fully saturated rings. The highest BCUT2D eigenvalue weighted by Crippen LogP contribution is 2.25. The molecule has 1 unspecified atom stereocenters. The van der Waals surface area contributed by atoms with Gasteiger partial charge in [0.05, 0.1) is 18.8 Å². The summed E-state index contributed by atoms with van der Waals surface area (Å²) >= 11 is 5.91. The molecule has 5 heteroatoms. The lowest BCUT2D eigenvalue weighted by atomic mass is 10.1. The van der Waals surface area contributed by atoms with Gasteiger partial charge in [0.2, 0.25) is 0 Å². The summed E-state index contributed by atoms with van der Waals surface area (Å²) in [5, 5.41) is 6.50. The number of carbonyl (C=O) groups excluding carboxylic acids is 1. The van der Waals surface area contributed by atoms with E-state index >= 15 is 0 Å². The number of urea groups is 1. The molecule has 2 aromatic carbocycles. The highest BCUT2D eigenvalue weighted by Gasteiger charge is 2.14. The van der Waals surface area contributed by atoms with Crippen LogP contribution in [0.15, 0.2) is 42.5 Å². The molecule has 122 valence electrons. The number of ether oxygens (including phenoxy) is 1. The number of aryl methyl sites for hydroxylation is 1. The number of nitrogens with one attached hydrogen (secondary N) is 2. The lowest BCUT2D eigenvalue weighted by Gasteiger charge is -2.19. The number of hydrogen-bond donors (Lipinski definition) is 2. The molecule has 0 aromatic heterocycles. The van der Waals surface area contributed by atoms with Gasteiger partial charge in [-0.05, 0) is 48.7 Å². The molecule has 2 aromatic rings. The molecule has 23 heavy (non-hydrogen) atoms. The van der Waals surface area contributed by atoms with Gasteiger partial charge in [0, 0.05) is 5.02 Å². The van der Waals surface area contributed by atoms with Crippen LogP contribution in [0.25, 0.3) is 0 Å². The van der Waals surface area contributed by atoms with Gasteiger partial charge in [-0.15, -0.1) is 0 Å². The Morgan fingerprint density at radius 3 is 2.52 bits per heavy atom. The van der Waals surface area contributed by atoms with Crippen molar-refractivity contribution in [1.29, 1.82) is 0 Å². The zero-order valence-electron chi connectivity index (χ0n) is 13.5. The fourth-order valence-electron chi connectivity index (χ4n) is 2.35. The van der Waals surface area contributed by atoms with E-state index in [4.69, 9.17) is 16.3 Å². The number of benzene rings is 2. The molecular formula is C18H21ClN2O2. The van der Waals surface area contributed by atoms with Crippen molar-refractivity contribution in [3.63, 3.8) is 0 Å². The molecule has 4 nitrogen and oxygen atoms in total. The van der Waals surface area contributed by atoms with Crippen LogP contribution in [0.3, 0.4) is 0 Å². The van der Waals surface area contributed by atoms with Crippen molar-refractivity contribution in [2.75, 3.05) is 12.4 Å². The number of anilines is 1. The average molecular weight is 333 g/mol. The number of carbonyl (C=O) groups is 1. The van der Waals surface area contributed by atoms with Crippen LogP contribution < -0.4 is 15.4 Å². The smallest absolute Gasteiger partial charge is 0.319 e. The molecule has 0 aliphatic rings. The molecule has 2 N–H and O–H groups in total. The Labute approximate surface area is 141 Å². The lowest BCUT2D eigenvalue weighted by Crippen LogP contribution is -2.32. The predicted octanol–water partition coefficient (Wildman–Crippen LogP) is 4.93. The van der Waals surface area contributed by atoms with Gasteiger partial charge in [0.1, 0.15) is 5.75 Å². The maximum absolute atomic E-state index is 12.3. The standard InChI is InChI=1S/C18H21ClN2O2/c1-4-15(13-6-8-14(19)9-7-13)20-18(22)21-16-11-12(2)5-10-17(16)23-3/h5-11,15H,4H2,1-3H3,(H2,20,21,22). The van der Waals surface area contributed by atoms with Crippen molar-refractivity contribution in [2.24, 2.45) is 0 Å². The molecule has 0 spiro atoms. The summed E-state index contributed by atoms with van der Waals surface area (Å²) in [5.74, 6) is 0.630. The molecule has 0 aliphatic carbocycles. The Kier molecular flexibility index (Phi) is 5.88. The van der Waals surface area contributed by atoms with E-state index in [0.717, 1.165) is 17.5 Å². The summed E-state index contributed by atoms with van der Waals surface area (Å²) < 4.78 is 5.27. The monoisotopic (exact) mass is 332 g/mol. The second kappa shape index (κ2) is 7.88. The van der Waals surface area contributed by atoms with Crippen molar-refractivity contribution in [3.05, 3.63) is 58.6 Å². The van der Waals surface area contributed by atoms with Crippen LogP contribution in [0.4, 0.5) is 10.5 Å². The molecule has 0 aliphatic heterocycles. The van der Waals surface area contributed by atoms with Crippen molar-refractivity contribution >= 4 is 23.3 Å². The third-order valence-electron chi connectivity index (χ3n) is 3.59. The molecule has 0 heterocycles. The van der Waals surface area contributed by atoms with Crippen LogP contribution in [0.5, 0.6) is 5.75 Å². The minimum absolute atomic E-state index is 0.0805. The van der Waals surface area contributed by atoms with Gasteiger partial charge in [0.25, 0.3) is 0 Å². The molecule has 0 saturated carbocycles. The average Bonchev–Trinajstić information content (AvgIpc) is 2.54. The molecule has 0 saturated heterocycles. The maximum Gasteiger partial charge on any atom is 0.319 e. The molecular weight excluding hydrogens is 312 g/mol. The fourth-order valence-corrected chi connectivity index (χ4v) is 2.48. The highest BCUT2D eigenvalue weighted by atomic mass is 35.5. The van der Waals surface area contributed by atoms with Gasteiger partial charge in [-0.1, -0.05) is 36.7 Å². The summed E-state index contributed by atoms with van der Waals surface area (Å²) in [7, 11) is 1.58. The van der Waals surface area contributed by atoms with E-state index in [9.17, 15) is 4.79 Å². The zero-order valence-corrected chi connectivity index (χ0v) is 14.3. The summed E-state index contributed by atoms with van der Waals surface area (Å²) in [6, 6.07) is 12.8. The van der Waals surface area contributed by atoms with Gasteiger partial charge in [0.15, 0.2) is 0 Å². The van der Waals surface area contributed by atoms with Gasteiger partial charge in [-0.2, -0.15) is 0 Å². The molecule has 2 amide bonds. The minimum Gasteiger partial charge on any atom is -0.495 e. The van der Waals surface area contributed by atoms with E-state index in [-0.39, 0.29) is 12.1 Å². The Morgan fingerprint density at radius 1 is 1.22 bits per heavy atom. The van der Waals surface area contributed by atoms with Crippen LogP contribution in [0, 0.1) is 6.92 Å². The predicted molar refractivity (Wildman–Crippen MR) is 94.4 cm³/mol. The Balaban J connectivity index is 2.08. The van der Waals surface area contributed by atoms with Crippen LogP contribution in [-0.2, 0) is 0 Å². The van der Waals surface area contributed by atoms with E-state index in [1.165, 1.54) is 0 Å². The Morgan fingerprint density at radius 2 is 1.91 bits per heavy atom. The van der Waals surface area contributed by atoms with Gasteiger partial charge >= 0.3 is 6.03 Å². The third-order valence-corrected chi connectivity index (χ3v) is 3.84.